The molecule has 2 rings (SSSR count). The van der Waals surface area contributed by atoms with Gasteiger partial charge in [-0.1, -0.05) is 6.07 Å². The van der Waals surface area contributed by atoms with Crippen molar-refractivity contribution in [3.05, 3.63) is 53.1 Å². The van der Waals surface area contributed by atoms with E-state index in [1.54, 1.807) is 24.9 Å². The van der Waals surface area contributed by atoms with Crippen LogP contribution in [0, 0.1) is 6.92 Å². The van der Waals surface area contributed by atoms with Crippen LogP contribution in [0.25, 0.3) is 0 Å². The summed E-state index contributed by atoms with van der Waals surface area (Å²) in [5, 5.41) is 0. The monoisotopic (exact) mass is 302 g/mol. The van der Waals surface area contributed by atoms with E-state index in [0.717, 1.165) is 27.5 Å². The first-order valence-corrected chi connectivity index (χ1v) is 7.45. The highest BCUT2D eigenvalue weighted by molar-refractivity contribution is 7.98. The first kappa shape index (κ1) is 15.3. The number of hydrogen-bond acceptors (Lipinski definition) is 4. The van der Waals surface area contributed by atoms with E-state index >= 15 is 0 Å². The summed E-state index contributed by atoms with van der Waals surface area (Å²) in [5.41, 5.74) is 14.4. The molecule has 0 spiro atoms. The smallest absolute Gasteiger partial charge is 0.248 e. The number of anilines is 1. The van der Waals surface area contributed by atoms with E-state index < -0.39 is 5.91 Å². The molecule has 110 valence electrons. The van der Waals surface area contributed by atoms with Crippen LogP contribution < -0.4 is 16.2 Å². The maximum atomic E-state index is 11.1. The summed E-state index contributed by atoms with van der Waals surface area (Å²) in [7, 11) is 1.63. The molecule has 4 nitrogen and oxygen atoms in total. The van der Waals surface area contributed by atoms with Crippen molar-refractivity contribution >= 4 is 23.4 Å². The summed E-state index contributed by atoms with van der Waals surface area (Å²) >= 11 is 1.67. The lowest BCUT2D eigenvalue weighted by atomic mass is 10.1. The first-order chi connectivity index (χ1) is 10.0. The summed E-state index contributed by atoms with van der Waals surface area (Å²) in [6.45, 7) is 1.97. The minimum absolute atomic E-state index is 0.405. The molecule has 0 radical (unpaired) electrons. The molecule has 0 aliphatic heterocycles. The number of hydrogen-bond donors (Lipinski definition) is 2. The lowest BCUT2D eigenvalue weighted by Crippen LogP contribution is -2.11. The number of ether oxygens (including phenoxy) is 1. The predicted molar refractivity (Wildman–Crippen MR) is 86.7 cm³/mol. The minimum Gasteiger partial charge on any atom is -0.496 e. The number of methoxy groups -OCH3 is 1. The second-order valence-corrected chi connectivity index (χ2v) is 5.72. The Bertz CT molecular complexity index is 671. The van der Waals surface area contributed by atoms with Gasteiger partial charge in [-0.05, 0) is 42.3 Å². The average molecular weight is 302 g/mol. The van der Waals surface area contributed by atoms with Crippen LogP contribution in [-0.4, -0.2) is 13.0 Å². The number of nitrogen functional groups attached to an aromatic ring is 1. The van der Waals surface area contributed by atoms with Crippen LogP contribution in [0.5, 0.6) is 5.75 Å². The van der Waals surface area contributed by atoms with E-state index in [9.17, 15) is 4.79 Å². The van der Waals surface area contributed by atoms with E-state index in [-0.39, 0.29) is 0 Å². The largest absolute Gasteiger partial charge is 0.496 e. The number of amides is 1. The van der Waals surface area contributed by atoms with Gasteiger partial charge in [-0.15, -0.1) is 11.8 Å². The lowest BCUT2D eigenvalue weighted by molar-refractivity contribution is 0.1000. The molecular formula is C16H18N2O2S. The van der Waals surface area contributed by atoms with Crippen LogP contribution in [0.3, 0.4) is 0 Å². The van der Waals surface area contributed by atoms with E-state index in [0.29, 0.717) is 11.3 Å². The van der Waals surface area contributed by atoms with Gasteiger partial charge in [0.1, 0.15) is 5.75 Å². The van der Waals surface area contributed by atoms with Crippen LogP contribution in [0.4, 0.5) is 5.69 Å². The molecule has 0 unspecified atom stereocenters. The fourth-order valence-corrected chi connectivity index (χ4v) is 3.05. The molecule has 4 N–H and O–H groups in total. The van der Waals surface area contributed by atoms with Gasteiger partial charge in [-0.25, -0.2) is 0 Å². The highest BCUT2D eigenvalue weighted by Gasteiger charge is 2.08. The van der Waals surface area contributed by atoms with Crippen LogP contribution in [0.1, 0.15) is 21.5 Å². The number of nitrogens with two attached hydrogens (primary N) is 2. The summed E-state index contributed by atoms with van der Waals surface area (Å²) in [5.74, 6) is 1.15. The Morgan fingerprint density at radius 1 is 1.24 bits per heavy atom. The molecule has 0 aromatic heterocycles. The number of carbonyl (C=O) groups is 1. The normalized spacial score (nSPS) is 10.4. The SMILES string of the molecule is COc1cc(N)ccc1SCc1ccc(C(N)=O)cc1C. The zero-order chi connectivity index (χ0) is 15.4. The zero-order valence-electron chi connectivity index (χ0n) is 12.1. The van der Waals surface area contributed by atoms with Crippen molar-refractivity contribution in [3.8, 4) is 5.75 Å². The van der Waals surface area contributed by atoms with Gasteiger partial charge in [-0.3, -0.25) is 4.79 Å². The molecule has 2 aromatic rings. The molecule has 0 aliphatic rings. The number of aryl methyl sites for hydroxylation is 1. The Labute approximate surface area is 128 Å². The summed E-state index contributed by atoms with van der Waals surface area (Å²) in [6, 6.07) is 11.1. The number of rotatable bonds is 5. The standard InChI is InChI=1S/C16H18N2O2S/c1-10-7-11(16(18)19)3-4-12(10)9-21-15-6-5-13(17)8-14(15)20-2/h3-8H,9,17H2,1-2H3,(H2,18,19). The van der Waals surface area contributed by atoms with E-state index in [4.69, 9.17) is 16.2 Å². The topological polar surface area (TPSA) is 78.3 Å². The van der Waals surface area contributed by atoms with Crippen LogP contribution in [0.15, 0.2) is 41.3 Å². The third kappa shape index (κ3) is 3.70. The van der Waals surface area contributed by atoms with Crippen molar-refractivity contribution in [1.82, 2.24) is 0 Å². The Hall–Kier alpha value is -2.14. The first-order valence-electron chi connectivity index (χ1n) is 6.47. The highest BCUT2D eigenvalue weighted by atomic mass is 32.2. The number of thioether (sulfide) groups is 1. The fourth-order valence-electron chi connectivity index (χ4n) is 1.97. The third-order valence-corrected chi connectivity index (χ3v) is 4.30. The molecule has 0 bridgehead atoms. The predicted octanol–water partition coefficient (Wildman–Crippen LogP) is 2.98. The van der Waals surface area contributed by atoms with E-state index in [1.807, 2.05) is 37.3 Å². The zero-order valence-corrected chi connectivity index (χ0v) is 12.9. The molecule has 5 heteroatoms. The molecule has 0 fully saturated rings. The Morgan fingerprint density at radius 3 is 2.62 bits per heavy atom. The molecule has 0 atom stereocenters. The van der Waals surface area contributed by atoms with Gasteiger partial charge in [0.25, 0.3) is 0 Å². The van der Waals surface area contributed by atoms with Crippen molar-refractivity contribution in [2.45, 2.75) is 17.6 Å². The summed E-state index contributed by atoms with van der Waals surface area (Å²) in [6.07, 6.45) is 0. The van der Waals surface area contributed by atoms with Crippen molar-refractivity contribution in [3.63, 3.8) is 0 Å². The van der Waals surface area contributed by atoms with Crippen molar-refractivity contribution in [2.24, 2.45) is 5.73 Å². The Balaban J connectivity index is 2.15. The lowest BCUT2D eigenvalue weighted by Gasteiger charge is -2.10. The molecule has 0 saturated heterocycles. The fraction of sp³-hybridized carbons (Fsp3) is 0.188. The van der Waals surface area contributed by atoms with Gasteiger partial charge in [0.15, 0.2) is 0 Å². The molecule has 0 saturated carbocycles. The van der Waals surface area contributed by atoms with Crippen LogP contribution in [-0.2, 0) is 5.75 Å². The number of carbonyl (C=O) groups excluding carboxylic acids is 1. The summed E-state index contributed by atoms with van der Waals surface area (Å²) in [4.78, 5) is 12.2. The second-order valence-electron chi connectivity index (χ2n) is 4.70. The number of benzene rings is 2. The van der Waals surface area contributed by atoms with Gasteiger partial charge in [0.2, 0.25) is 5.91 Å². The quantitative estimate of drug-likeness (QED) is 0.657. The molecule has 2 aromatic carbocycles. The molecule has 21 heavy (non-hydrogen) atoms. The van der Waals surface area contributed by atoms with Gasteiger partial charge in [-0.2, -0.15) is 0 Å². The van der Waals surface area contributed by atoms with Gasteiger partial charge in [0.05, 0.1) is 7.11 Å². The minimum atomic E-state index is -0.405. The Kier molecular flexibility index (Phi) is 4.75. The maximum absolute atomic E-state index is 11.1. The Morgan fingerprint density at radius 2 is 2.00 bits per heavy atom. The van der Waals surface area contributed by atoms with Crippen molar-refractivity contribution < 1.29 is 9.53 Å². The average Bonchev–Trinajstić information content (AvgIpc) is 2.46. The van der Waals surface area contributed by atoms with Crippen molar-refractivity contribution in [2.75, 3.05) is 12.8 Å². The van der Waals surface area contributed by atoms with Crippen molar-refractivity contribution in [1.29, 1.82) is 0 Å². The maximum Gasteiger partial charge on any atom is 0.248 e. The summed E-state index contributed by atoms with van der Waals surface area (Å²) < 4.78 is 5.33. The van der Waals surface area contributed by atoms with E-state index in [1.165, 1.54) is 0 Å². The molecular weight excluding hydrogens is 284 g/mol. The van der Waals surface area contributed by atoms with Gasteiger partial charge in [0, 0.05) is 28.0 Å². The second kappa shape index (κ2) is 6.54. The molecule has 0 heterocycles. The third-order valence-electron chi connectivity index (χ3n) is 3.20. The highest BCUT2D eigenvalue weighted by Crippen LogP contribution is 2.33. The van der Waals surface area contributed by atoms with Crippen LogP contribution >= 0.6 is 11.8 Å². The molecule has 1 amide bonds. The van der Waals surface area contributed by atoms with Gasteiger partial charge >= 0.3 is 0 Å². The van der Waals surface area contributed by atoms with Gasteiger partial charge < -0.3 is 16.2 Å². The number of primary amides is 1. The molecule has 0 aliphatic carbocycles. The van der Waals surface area contributed by atoms with E-state index in [2.05, 4.69) is 0 Å². The van der Waals surface area contributed by atoms with Crippen LogP contribution in [0.2, 0.25) is 0 Å².